The number of nitrogens with zero attached hydrogens (tertiary/aromatic N) is 2. The molecule has 0 amide bonds. The number of benzene rings is 1. The van der Waals surface area contributed by atoms with Crippen LogP contribution in [0.1, 0.15) is 24.8 Å². The molecule has 0 atom stereocenters. The van der Waals surface area contributed by atoms with E-state index in [0.29, 0.717) is 12.5 Å². The molecule has 1 aromatic carbocycles. The van der Waals surface area contributed by atoms with Gasteiger partial charge >= 0.3 is 6.18 Å². The summed E-state index contributed by atoms with van der Waals surface area (Å²) in [5, 5.41) is 3.18. The van der Waals surface area contributed by atoms with Crippen molar-refractivity contribution in [3.05, 3.63) is 29.8 Å². The quantitative estimate of drug-likeness (QED) is 0.443. The van der Waals surface area contributed by atoms with E-state index in [9.17, 15) is 13.2 Å². The zero-order valence-electron chi connectivity index (χ0n) is 15.9. The van der Waals surface area contributed by atoms with Gasteiger partial charge in [-0.05, 0) is 43.4 Å². The summed E-state index contributed by atoms with van der Waals surface area (Å²) < 4.78 is 48.9. The number of hydrogen-bond acceptors (Lipinski definition) is 3. The Morgan fingerprint density at radius 1 is 1.33 bits per heavy atom. The van der Waals surface area contributed by atoms with Crippen LogP contribution in [0.5, 0.6) is 5.75 Å². The molecular formula is C19H28F3N3O2. The van der Waals surface area contributed by atoms with Crippen LogP contribution >= 0.6 is 0 Å². The number of hydrogen-bond donors (Lipinski definition) is 1. The highest BCUT2D eigenvalue weighted by Gasteiger charge is 2.30. The Bertz CT molecular complexity index is 602. The van der Waals surface area contributed by atoms with E-state index >= 15 is 0 Å². The molecule has 1 saturated heterocycles. The minimum absolute atomic E-state index is 0.203. The van der Waals surface area contributed by atoms with Crippen molar-refractivity contribution >= 4 is 5.96 Å². The largest absolute Gasteiger partial charge is 0.492 e. The maximum Gasteiger partial charge on any atom is 0.416 e. The first kappa shape index (κ1) is 21.3. The van der Waals surface area contributed by atoms with Crippen LogP contribution in [0.2, 0.25) is 0 Å². The molecule has 8 heteroatoms. The highest BCUT2D eigenvalue weighted by molar-refractivity contribution is 5.79. The first-order valence-corrected chi connectivity index (χ1v) is 9.19. The smallest absolute Gasteiger partial charge is 0.416 e. The van der Waals surface area contributed by atoms with Gasteiger partial charge in [0, 0.05) is 33.9 Å². The highest BCUT2D eigenvalue weighted by atomic mass is 19.4. The minimum Gasteiger partial charge on any atom is -0.492 e. The lowest BCUT2D eigenvalue weighted by Crippen LogP contribution is -2.41. The molecule has 5 nitrogen and oxygen atoms in total. The second-order valence-corrected chi connectivity index (χ2v) is 6.61. The summed E-state index contributed by atoms with van der Waals surface area (Å²) in [7, 11) is 3.68. The van der Waals surface area contributed by atoms with Gasteiger partial charge in [0.25, 0.3) is 0 Å². The van der Waals surface area contributed by atoms with Crippen molar-refractivity contribution in [1.29, 1.82) is 0 Å². The molecule has 1 aliphatic heterocycles. The zero-order valence-corrected chi connectivity index (χ0v) is 15.9. The number of aliphatic imine (C=N–C) groups is 1. The number of nitrogens with one attached hydrogen (secondary N) is 1. The standard InChI is InChI=1S/C19H28F3N3O2/c1-23-18(25(2)10-6-15-7-11-26-12-8-15)24-9-13-27-17-5-3-4-16(14-17)19(20,21)22/h3-5,14-15H,6-13H2,1-2H3,(H,23,24). The molecule has 0 aliphatic carbocycles. The molecule has 0 spiro atoms. The molecule has 152 valence electrons. The van der Waals surface area contributed by atoms with Crippen LogP contribution in [-0.2, 0) is 10.9 Å². The van der Waals surface area contributed by atoms with Gasteiger partial charge in [-0.1, -0.05) is 6.07 Å². The van der Waals surface area contributed by atoms with Crippen molar-refractivity contribution in [2.75, 3.05) is 47.0 Å². The molecule has 0 bridgehead atoms. The summed E-state index contributed by atoms with van der Waals surface area (Å²) in [4.78, 5) is 6.30. The molecule has 0 unspecified atom stereocenters. The Morgan fingerprint density at radius 2 is 2.07 bits per heavy atom. The normalized spacial score (nSPS) is 16.3. The third-order valence-electron chi connectivity index (χ3n) is 4.60. The zero-order chi connectivity index (χ0) is 19.7. The fraction of sp³-hybridized carbons (Fsp3) is 0.632. The Hall–Kier alpha value is -1.96. The number of guanidine groups is 1. The van der Waals surface area contributed by atoms with Gasteiger partial charge in [0.1, 0.15) is 12.4 Å². The van der Waals surface area contributed by atoms with E-state index < -0.39 is 11.7 Å². The molecular weight excluding hydrogens is 359 g/mol. The van der Waals surface area contributed by atoms with E-state index in [4.69, 9.17) is 9.47 Å². The van der Waals surface area contributed by atoms with E-state index in [1.54, 1.807) is 7.05 Å². The van der Waals surface area contributed by atoms with Crippen LogP contribution < -0.4 is 10.1 Å². The summed E-state index contributed by atoms with van der Waals surface area (Å²) in [5.74, 6) is 1.63. The third kappa shape index (κ3) is 7.28. The van der Waals surface area contributed by atoms with Gasteiger partial charge in [-0.25, -0.2) is 0 Å². The molecule has 0 saturated carbocycles. The lowest BCUT2D eigenvalue weighted by atomic mass is 9.96. The Balaban J connectivity index is 1.71. The Morgan fingerprint density at radius 3 is 2.74 bits per heavy atom. The summed E-state index contributed by atoms with van der Waals surface area (Å²) in [6, 6.07) is 4.90. The van der Waals surface area contributed by atoms with E-state index in [-0.39, 0.29) is 12.4 Å². The second kappa shape index (κ2) is 10.4. The number of rotatable bonds is 7. The van der Waals surface area contributed by atoms with Gasteiger partial charge in [-0.3, -0.25) is 4.99 Å². The maximum atomic E-state index is 12.7. The minimum atomic E-state index is -4.37. The van der Waals surface area contributed by atoms with Crippen molar-refractivity contribution in [2.24, 2.45) is 10.9 Å². The van der Waals surface area contributed by atoms with Crippen LogP contribution in [-0.4, -0.2) is 57.9 Å². The lowest BCUT2D eigenvalue weighted by Gasteiger charge is -2.26. The molecule has 0 aromatic heterocycles. The molecule has 1 fully saturated rings. The lowest BCUT2D eigenvalue weighted by molar-refractivity contribution is -0.137. The van der Waals surface area contributed by atoms with Gasteiger partial charge in [0.2, 0.25) is 0 Å². The van der Waals surface area contributed by atoms with Gasteiger partial charge in [0.15, 0.2) is 5.96 Å². The topological polar surface area (TPSA) is 46.1 Å². The van der Waals surface area contributed by atoms with Gasteiger partial charge in [0.05, 0.1) is 12.1 Å². The fourth-order valence-electron chi connectivity index (χ4n) is 3.00. The number of ether oxygens (including phenoxy) is 2. The van der Waals surface area contributed by atoms with Crippen LogP contribution in [0, 0.1) is 5.92 Å². The van der Waals surface area contributed by atoms with Crippen molar-refractivity contribution in [2.45, 2.75) is 25.4 Å². The van der Waals surface area contributed by atoms with Crippen molar-refractivity contribution in [1.82, 2.24) is 10.2 Å². The Labute approximate surface area is 158 Å². The van der Waals surface area contributed by atoms with Gasteiger partial charge in [-0.2, -0.15) is 13.2 Å². The van der Waals surface area contributed by atoms with E-state index in [2.05, 4.69) is 15.2 Å². The fourth-order valence-corrected chi connectivity index (χ4v) is 3.00. The first-order valence-electron chi connectivity index (χ1n) is 9.19. The maximum absolute atomic E-state index is 12.7. The SMILES string of the molecule is CN=C(NCCOc1cccc(C(F)(F)F)c1)N(C)CCC1CCOCC1. The van der Waals surface area contributed by atoms with Crippen molar-refractivity contribution < 1.29 is 22.6 Å². The number of alkyl halides is 3. The molecule has 1 N–H and O–H groups in total. The Kier molecular flexibility index (Phi) is 8.22. The summed E-state index contributed by atoms with van der Waals surface area (Å²) in [6.07, 6.45) is -1.08. The number of halogens is 3. The predicted molar refractivity (Wildman–Crippen MR) is 99.1 cm³/mol. The van der Waals surface area contributed by atoms with Gasteiger partial charge < -0.3 is 19.7 Å². The monoisotopic (exact) mass is 387 g/mol. The molecule has 1 aliphatic rings. The third-order valence-corrected chi connectivity index (χ3v) is 4.60. The van der Waals surface area contributed by atoms with Crippen LogP contribution in [0.25, 0.3) is 0 Å². The summed E-state index contributed by atoms with van der Waals surface area (Å²) >= 11 is 0. The highest BCUT2D eigenvalue weighted by Crippen LogP contribution is 2.31. The first-order chi connectivity index (χ1) is 12.9. The second-order valence-electron chi connectivity index (χ2n) is 6.61. The van der Waals surface area contributed by atoms with Gasteiger partial charge in [-0.15, -0.1) is 0 Å². The average Bonchev–Trinajstić information content (AvgIpc) is 2.66. The molecule has 2 rings (SSSR count). The molecule has 0 radical (unpaired) electrons. The molecule has 27 heavy (non-hydrogen) atoms. The predicted octanol–water partition coefficient (Wildman–Crippen LogP) is 3.41. The van der Waals surface area contributed by atoms with Crippen LogP contribution in [0.4, 0.5) is 13.2 Å². The van der Waals surface area contributed by atoms with Crippen LogP contribution in [0.15, 0.2) is 29.3 Å². The molecule has 1 heterocycles. The van der Waals surface area contributed by atoms with E-state index in [0.717, 1.165) is 57.1 Å². The van der Waals surface area contributed by atoms with E-state index in [1.165, 1.54) is 12.1 Å². The van der Waals surface area contributed by atoms with Crippen molar-refractivity contribution in [3.63, 3.8) is 0 Å². The summed E-state index contributed by atoms with van der Waals surface area (Å²) in [5.41, 5.74) is -0.711. The average molecular weight is 387 g/mol. The van der Waals surface area contributed by atoms with E-state index in [1.807, 2.05) is 7.05 Å². The molecule has 1 aromatic rings. The summed E-state index contributed by atoms with van der Waals surface area (Å²) in [6.45, 7) is 3.26. The van der Waals surface area contributed by atoms with Crippen LogP contribution in [0.3, 0.4) is 0 Å². The van der Waals surface area contributed by atoms with Crippen molar-refractivity contribution in [3.8, 4) is 5.75 Å².